The molecule has 2 aromatic heterocycles. The first-order chi connectivity index (χ1) is 15.6. The maximum atomic E-state index is 13.7. The van der Waals surface area contributed by atoms with Crippen LogP contribution in [0.25, 0.3) is 21.7 Å². The number of thioether (sulfide) groups is 1. The SMILES string of the molecule is CCN(C(=O)c1oc2ccccc2c1CSc1nnc(C)s1)c1ccc2ccccc2c1. The summed E-state index contributed by atoms with van der Waals surface area (Å²) in [5.74, 6) is 0.833. The van der Waals surface area contributed by atoms with Gasteiger partial charge in [0.25, 0.3) is 5.91 Å². The van der Waals surface area contributed by atoms with Crippen molar-refractivity contribution in [2.45, 2.75) is 23.9 Å². The fraction of sp³-hybridized carbons (Fsp3) is 0.160. The van der Waals surface area contributed by atoms with Crippen LogP contribution in [0.1, 0.15) is 28.0 Å². The van der Waals surface area contributed by atoms with Gasteiger partial charge in [-0.2, -0.15) is 0 Å². The number of nitrogens with zero attached hydrogens (tertiary/aromatic N) is 3. The van der Waals surface area contributed by atoms with E-state index < -0.39 is 0 Å². The van der Waals surface area contributed by atoms with Gasteiger partial charge < -0.3 is 9.32 Å². The van der Waals surface area contributed by atoms with E-state index in [4.69, 9.17) is 4.42 Å². The van der Waals surface area contributed by atoms with Crippen LogP contribution in [-0.4, -0.2) is 22.6 Å². The second kappa shape index (κ2) is 8.76. The van der Waals surface area contributed by atoms with E-state index in [0.717, 1.165) is 42.3 Å². The zero-order valence-corrected chi connectivity index (χ0v) is 19.4. The molecule has 5 rings (SSSR count). The molecule has 0 spiro atoms. The zero-order chi connectivity index (χ0) is 22.1. The molecule has 0 saturated heterocycles. The first-order valence-electron chi connectivity index (χ1n) is 10.4. The van der Waals surface area contributed by atoms with Crippen molar-refractivity contribution in [3.05, 3.63) is 83.1 Å². The summed E-state index contributed by atoms with van der Waals surface area (Å²) in [5.41, 5.74) is 2.46. The van der Waals surface area contributed by atoms with E-state index >= 15 is 0 Å². The summed E-state index contributed by atoms with van der Waals surface area (Å²) in [6.45, 7) is 4.46. The van der Waals surface area contributed by atoms with Crippen molar-refractivity contribution in [3.63, 3.8) is 0 Å². The fourth-order valence-electron chi connectivity index (χ4n) is 3.80. The molecule has 160 valence electrons. The van der Waals surface area contributed by atoms with E-state index in [1.807, 2.05) is 62.4 Å². The Hall–Kier alpha value is -3.16. The molecule has 0 bridgehead atoms. The summed E-state index contributed by atoms with van der Waals surface area (Å²) in [6.07, 6.45) is 0. The molecule has 5 aromatic rings. The molecule has 0 unspecified atom stereocenters. The molecular formula is C25H21N3O2S2. The molecule has 32 heavy (non-hydrogen) atoms. The van der Waals surface area contributed by atoms with Crippen LogP contribution in [0.3, 0.4) is 0 Å². The Morgan fingerprint density at radius 3 is 2.59 bits per heavy atom. The average molecular weight is 460 g/mol. The number of aromatic nitrogens is 2. The molecule has 1 amide bonds. The van der Waals surface area contributed by atoms with Crippen molar-refractivity contribution in [1.29, 1.82) is 0 Å². The lowest BCUT2D eigenvalue weighted by Crippen LogP contribution is -2.30. The highest BCUT2D eigenvalue weighted by Gasteiger charge is 2.26. The van der Waals surface area contributed by atoms with Gasteiger partial charge in [-0.1, -0.05) is 71.6 Å². The van der Waals surface area contributed by atoms with Crippen molar-refractivity contribution < 1.29 is 9.21 Å². The van der Waals surface area contributed by atoms with E-state index in [-0.39, 0.29) is 5.91 Å². The number of hydrogen-bond donors (Lipinski definition) is 0. The lowest BCUT2D eigenvalue weighted by molar-refractivity contribution is 0.0963. The molecule has 0 aliphatic carbocycles. The van der Waals surface area contributed by atoms with Crippen LogP contribution in [0.4, 0.5) is 5.69 Å². The number of aryl methyl sites for hydroxylation is 1. The van der Waals surface area contributed by atoms with E-state index in [1.54, 1.807) is 28.0 Å². The molecule has 0 saturated carbocycles. The van der Waals surface area contributed by atoms with E-state index in [2.05, 4.69) is 28.4 Å². The predicted molar refractivity (Wildman–Crippen MR) is 132 cm³/mol. The van der Waals surface area contributed by atoms with Crippen molar-refractivity contribution >= 4 is 56.4 Å². The third-order valence-corrected chi connectivity index (χ3v) is 7.34. The Morgan fingerprint density at radius 1 is 1.03 bits per heavy atom. The molecule has 5 nitrogen and oxygen atoms in total. The summed E-state index contributed by atoms with van der Waals surface area (Å²) in [5, 5.41) is 12.4. The highest BCUT2D eigenvalue weighted by molar-refractivity contribution is 8.00. The molecule has 0 fully saturated rings. The quantitative estimate of drug-likeness (QED) is 0.264. The molecule has 0 aliphatic rings. The molecule has 0 atom stereocenters. The van der Waals surface area contributed by atoms with Crippen LogP contribution in [0, 0.1) is 6.92 Å². The predicted octanol–water partition coefficient (Wildman–Crippen LogP) is 6.70. The number of rotatable bonds is 6. The van der Waals surface area contributed by atoms with E-state index in [0.29, 0.717) is 18.1 Å². The lowest BCUT2D eigenvalue weighted by Gasteiger charge is -2.21. The molecular weight excluding hydrogens is 438 g/mol. The second-order valence-electron chi connectivity index (χ2n) is 7.36. The number of amides is 1. The number of para-hydroxylation sites is 1. The Balaban J connectivity index is 1.53. The molecule has 0 N–H and O–H groups in total. The monoisotopic (exact) mass is 459 g/mol. The number of furan rings is 1. The summed E-state index contributed by atoms with van der Waals surface area (Å²) in [7, 11) is 0. The number of anilines is 1. The van der Waals surface area contributed by atoms with Gasteiger partial charge >= 0.3 is 0 Å². The normalized spacial score (nSPS) is 11.3. The van der Waals surface area contributed by atoms with Gasteiger partial charge in [0.2, 0.25) is 0 Å². The minimum Gasteiger partial charge on any atom is -0.451 e. The van der Waals surface area contributed by atoms with Crippen LogP contribution in [0.2, 0.25) is 0 Å². The zero-order valence-electron chi connectivity index (χ0n) is 17.7. The average Bonchev–Trinajstić information content (AvgIpc) is 3.41. The van der Waals surface area contributed by atoms with Gasteiger partial charge in [-0.3, -0.25) is 4.79 Å². The first kappa shape index (κ1) is 20.7. The summed E-state index contributed by atoms with van der Waals surface area (Å²) in [4.78, 5) is 15.5. The topological polar surface area (TPSA) is 59.2 Å². The van der Waals surface area contributed by atoms with Gasteiger partial charge in [0.15, 0.2) is 10.1 Å². The standard InChI is InChI=1S/C25H21N3O2S2/c1-3-28(19-13-12-17-8-4-5-9-18(17)14-19)24(29)23-21(15-31-25-27-26-16(2)32-25)20-10-6-7-11-22(20)30-23/h4-14H,3,15H2,1-2H3. The third kappa shape index (κ3) is 3.89. The third-order valence-electron chi connectivity index (χ3n) is 5.35. The smallest absolute Gasteiger partial charge is 0.294 e. The Kier molecular flexibility index (Phi) is 5.68. The minimum atomic E-state index is -0.136. The van der Waals surface area contributed by atoms with Crippen LogP contribution in [0.5, 0.6) is 0 Å². The van der Waals surface area contributed by atoms with Crippen molar-refractivity contribution in [2.75, 3.05) is 11.4 Å². The number of fused-ring (bicyclic) bond motifs is 2. The van der Waals surface area contributed by atoms with Gasteiger partial charge in [0, 0.05) is 28.9 Å². The van der Waals surface area contributed by atoms with E-state index in [1.165, 1.54) is 0 Å². The molecule has 3 aromatic carbocycles. The van der Waals surface area contributed by atoms with Crippen LogP contribution < -0.4 is 4.90 Å². The number of carbonyl (C=O) groups excluding carboxylic acids is 1. The summed E-state index contributed by atoms with van der Waals surface area (Å²) in [6, 6.07) is 22.0. The van der Waals surface area contributed by atoms with Crippen LogP contribution in [-0.2, 0) is 5.75 Å². The van der Waals surface area contributed by atoms with Crippen molar-refractivity contribution in [2.24, 2.45) is 0 Å². The maximum absolute atomic E-state index is 13.7. The highest BCUT2D eigenvalue weighted by Crippen LogP contribution is 2.34. The Morgan fingerprint density at radius 2 is 1.81 bits per heavy atom. The van der Waals surface area contributed by atoms with Gasteiger partial charge in [-0.15, -0.1) is 10.2 Å². The van der Waals surface area contributed by atoms with Crippen molar-refractivity contribution in [1.82, 2.24) is 10.2 Å². The Labute approximate surface area is 194 Å². The molecule has 2 heterocycles. The molecule has 0 radical (unpaired) electrons. The van der Waals surface area contributed by atoms with Gasteiger partial charge in [-0.05, 0) is 42.8 Å². The summed E-state index contributed by atoms with van der Waals surface area (Å²) < 4.78 is 6.99. The largest absolute Gasteiger partial charge is 0.451 e. The summed E-state index contributed by atoms with van der Waals surface area (Å²) >= 11 is 3.13. The fourth-order valence-corrected chi connectivity index (χ4v) is 5.64. The Bertz CT molecular complexity index is 1420. The lowest BCUT2D eigenvalue weighted by atomic mass is 10.1. The first-order valence-corrected chi connectivity index (χ1v) is 12.2. The number of carbonyl (C=O) groups is 1. The number of benzene rings is 3. The van der Waals surface area contributed by atoms with E-state index in [9.17, 15) is 4.79 Å². The minimum absolute atomic E-state index is 0.136. The maximum Gasteiger partial charge on any atom is 0.294 e. The van der Waals surface area contributed by atoms with Gasteiger partial charge in [-0.25, -0.2) is 0 Å². The highest BCUT2D eigenvalue weighted by atomic mass is 32.2. The molecule has 7 heteroatoms. The van der Waals surface area contributed by atoms with Gasteiger partial charge in [0.1, 0.15) is 10.6 Å². The number of hydrogen-bond acceptors (Lipinski definition) is 6. The van der Waals surface area contributed by atoms with Crippen molar-refractivity contribution in [3.8, 4) is 0 Å². The molecule has 0 aliphatic heterocycles. The van der Waals surface area contributed by atoms with Gasteiger partial charge in [0.05, 0.1) is 0 Å². The van der Waals surface area contributed by atoms with Crippen LogP contribution >= 0.6 is 23.1 Å². The second-order valence-corrected chi connectivity index (χ2v) is 9.77. The van der Waals surface area contributed by atoms with Crippen LogP contribution in [0.15, 0.2) is 75.5 Å².